The minimum atomic E-state index is -4.32. The molecule has 0 unspecified atom stereocenters. The standard InChI is InChI=1S/C21H16ClF3NO2S/c1-13-11-16(23)5-9-19(13)14(2)26(21-12-17(24)6-10-20(21)25)29(27,28)18-7-3-15(22)4-8-18/h3-4,6-12,14H,1-2H3/t14-/m1/s1. The van der Waals surface area contributed by atoms with Crippen molar-refractivity contribution in [3.63, 3.8) is 0 Å². The average molecular weight is 439 g/mol. The van der Waals surface area contributed by atoms with Crippen LogP contribution in [0.3, 0.4) is 0 Å². The van der Waals surface area contributed by atoms with Crippen LogP contribution in [0.5, 0.6) is 0 Å². The van der Waals surface area contributed by atoms with Crippen molar-refractivity contribution >= 4 is 27.3 Å². The van der Waals surface area contributed by atoms with Gasteiger partial charge in [-0.25, -0.2) is 21.6 Å². The SMILES string of the molecule is Cc1cc(F)[c]cc1[C@@H](C)N(c1cc(F)ccc1F)S(=O)(=O)c1ccc(Cl)cc1. The lowest BCUT2D eigenvalue weighted by atomic mass is 10.0. The highest BCUT2D eigenvalue weighted by Crippen LogP contribution is 2.36. The highest BCUT2D eigenvalue weighted by atomic mass is 35.5. The van der Waals surface area contributed by atoms with Crippen LogP contribution < -0.4 is 4.31 Å². The van der Waals surface area contributed by atoms with Crippen LogP contribution in [-0.4, -0.2) is 8.42 Å². The summed E-state index contributed by atoms with van der Waals surface area (Å²) in [5.41, 5.74) is 0.380. The summed E-state index contributed by atoms with van der Waals surface area (Å²) < 4.78 is 69.6. The van der Waals surface area contributed by atoms with Crippen LogP contribution in [0, 0.1) is 30.4 Å². The van der Waals surface area contributed by atoms with Gasteiger partial charge in [0, 0.05) is 17.2 Å². The van der Waals surface area contributed by atoms with Crippen LogP contribution >= 0.6 is 11.6 Å². The largest absolute Gasteiger partial charge is 0.264 e. The molecule has 3 rings (SSSR count). The van der Waals surface area contributed by atoms with Crippen LogP contribution in [0.25, 0.3) is 0 Å². The van der Waals surface area contributed by atoms with Crippen LogP contribution in [0.2, 0.25) is 5.02 Å². The molecule has 0 bridgehead atoms. The Hall–Kier alpha value is -2.51. The highest BCUT2D eigenvalue weighted by molar-refractivity contribution is 7.92. The van der Waals surface area contributed by atoms with Crippen molar-refractivity contribution in [1.82, 2.24) is 0 Å². The van der Waals surface area contributed by atoms with E-state index in [0.29, 0.717) is 16.1 Å². The molecule has 0 heterocycles. The lowest BCUT2D eigenvalue weighted by Crippen LogP contribution is -2.35. The second-order valence-corrected chi connectivity index (χ2v) is 8.70. The van der Waals surface area contributed by atoms with Crippen molar-refractivity contribution in [3.05, 3.63) is 94.3 Å². The first kappa shape index (κ1) is 21.2. The predicted octanol–water partition coefficient (Wildman–Crippen LogP) is 5.82. The molecule has 29 heavy (non-hydrogen) atoms. The first-order valence-corrected chi connectivity index (χ1v) is 10.4. The minimum Gasteiger partial charge on any atom is -0.256 e. The minimum absolute atomic E-state index is 0.152. The maximum atomic E-state index is 14.6. The number of benzene rings is 3. The summed E-state index contributed by atoms with van der Waals surface area (Å²) in [6, 6.07) is 11.8. The Morgan fingerprint density at radius 3 is 2.31 bits per heavy atom. The van der Waals surface area contributed by atoms with Gasteiger partial charge in [-0.15, -0.1) is 0 Å². The number of anilines is 1. The molecule has 0 aliphatic carbocycles. The Morgan fingerprint density at radius 2 is 1.69 bits per heavy atom. The van der Waals surface area contributed by atoms with Crippen molar-refractivity contribution < 1.29 is 21.6 Å². The zero-order chi connectivity index (χ0) is 21.3. The molecule has 0 fully saturated rings. The Labute approximate surface area is 172 Å². The fourth-order valence-corrected chi connectivity index (χ4v) is 4.83. The van der Waals surface area contributed by atoms with Gasteiger partial charge in [0.15, 0.2) is 0 Å². The number of nitrogens with zero attached hydrogens (tertiary/aromatic N) is 1. The normalized spacial score (nSPS) is 12.6. The number of rotatable bonds is 5. The van der Waals surface area contributed by atoms with E-state index in [9.17, 15) is 21.6 Å². The molecular weight excluding hydrogens is 423 g/mol. The number of halogens is 4. The monoisotopic (exact) mass is 438 g/mol. The van der Waals surface area contributed by atoms with Crippen LogP contribution in [0.15, 0.2) is 59.5 Å². The molecule has 0 spiro atoms. The third-order valence-corrected chi connectivity index (χ3v) is 6.63. The summed E-state index contributed by atoms with van der Waals surface area (Å²) in [5.74, 6) is -2.32. The van der Waals surface area contributed by atoms with E-state index in [-0.39, 0.29) is 4.90 Å². The Balaban J connectivity index is 2.24. The molecular formula is C21H16ClF3NO2S. The number of aryl methyl sites for hydroxylation is 1. The van der Waals surface area contributed by atoms with Crippen molar-refractivity contribution in [1.29, 1.82) is 0 Å². The molecule has 3 aromatic carbocycles. The molecule has 0 aliphatic rings. The van der Waals surface area contributed by atoms with Gasteiger partial charge in [-0.2, -0.15) is 0 Å². The highest BCUT2D eigenvalue weighted by Gasteiger charge is 2.33. The Bertz CT molecular complexity index is 1150. The van der Waals surface area contributed by atoms with E-state index in [0.717, 1.165) is 22.5 Å². The Morgan fingerprint density at radius 1 is 1.03 bits per heavy atom. The molecule has 0 saturated heterocycles. The van der Waals surface area contributed by atoms with Gasteiger partial charge in [0.25, 0.3) is 10.0 Å². The van der Waals surface area contributed by atoms with Gasteiger partial charge < -0.3 is 0 Å². The summed E-state index contributed by atoms with van der Waals surface area (Å²) in [7, 11) is -4.32. The quantitative estimate of drug-likeness (QED) is 0.503. The summed E-state index contributed by atoms with van der Waals surface area (Å²) in [6.45, 7) is 3.10. The van der Waals surface area contributed by atoms with Gasteiger partial charge in [0.1, 0.15) is 17.5 Å². The van der Waals surface area contributed by atoms with Gasteiger partial charge in [0.05, 0.1) is 16.6 Å². The smallest absolute Gasteiger partial charge is 0.256 e. The van der Waals surface area contributed by atoms with E-state index >= 15 is 0 Å². The first-order valence-electron chi connectivity index (χ1n) is 8.54. The van der Waals surface area contributed by atoms with Crippen LogP contribution in [0.4, 0.5) is 18.9 Å². The molecule has 0 saturated carbocycles. The molecule has 0 aliphatic heterocycles. The summed E-state index contributed by atoms with van der Waals surface area (Å²) >= 11 is 5.84. The third-order valence-electron chi connectivity index (χ3n) is 4.48. The van der Waals surface area contributed by atoms with Crippen LogP contribution in [0.1, 0.15) is 24.1 Å². The number of sulfonamides is 1. The lowest BCUT2D eigenvalue weighted by Gasteiger charge is -2.32. The van der Waals surface area contributed by atoms with Crippen molar-refractivity contribution in [2.24, 2.45) is 0 Å². The second-order valence-electron chi connectivity index (χ2n) is 6.45. The molecule has 3 nitrogen and oxygen atoms in total. The zero-order valence-electron chi connectivity index (χ0n) is 15.5. The third kappa shape index (κ3) is 4.26. The maximum absolute atomic E-state index is 14.6. The van der Waals surface area contributed by atoms with E-state index in [2.05, 4.69) is 6.07 Å². The second kappa shape index (κ2) is 8.08. The summed E-state index contributed by atoms with van der Waals surface area (Å²) in [4.78, 5) is -0.152. The van der Waals surface area contributed by atoms with E-state index in [1.807, 2.05) is 0 Å². The summed E-state index contributed by atoms with van der Waals surface area (Å²) in [5, 5.41) is 0.324. The Kier molecular flexibility index (Phi) is 5.91. The van der Waals surface area contributed by atoms with Gasteiger partial charge in [0.2, 0.25) is 0 Å². The molecule has 1 atom stereocenters. The molecule has 0 amide bonds. The van der Waals surface area contributed by atoms with Gasteiger partial charge in [-0.1, -0.05) is 11.6 Å². The van der Waals surface area contributed by atoms with Gasteiger partial charge in [-0.05, 0) is 73.5 Å². The van der Waals surface area contributed by atoms with E-state index < -0.39 is 39.2 Å². The van der Waals surface area contributed by atoms with E-state index in [1.54, 1.807) is 6.92 Å². The van der Waals surface area contributed by atoms with E-state index in [1.165, 1.54) is 43.3 Å². The van der Waals surface area contributed by atoms with E-state index in [4.69, 9.17) is 11.6 Å². The van der Waals surface area contributed by atoms with Crippen molar-refractivity contribution in [2.75, 3.05) is 4.31 Å². The van der Waals surface area contributed by atoms with Gasteiger partial charge >= 0.3 is 0 Å². The summed E-state index contributed by atoms with van der Waals surface area (Å²) in [6.07, 6.45) is 0. The molecule has 1 radical (unpaired) electrons. The first-order chi connectivity index (χ1) is 13.6. The molecule has 0 aromatic heterocycles. The number of hydrogen-bond acceptors (Lipinski definition) is 2. The van der Waals surface area contributed by atoms with Crippen molar-refractivity contribution in [3.8, 4) is 0 Å². The molecule has 0 N–H and O–H groups in total. The maximum Gasteiger partial charge on any atom is 0.264 e. The topological polar surface area (TPSA) is 37.4 Å². The zero-order valence-corrected chi connectivity index (χ0v) is 17.0. The molecule has 151 valence electrons. The average Bonchev–Trinajstić information content (AvgIpc) is 2.65. The predicted molar refractivity (Wildman–Crippen MR) is 106 cm³/mol. The molecule has 8 heteroatoms. The van der Waals surface area contributed by atoms with Crippen molar-refractivity contribution in [2.45, 2.75) is 24.8 Å². The number of hydrogen-bond donors (Lipinski definition) is 0. The fraction of sp³-hybridized carbons (Fsp3) is 0.143. The molecule has 3 aromatic rings. The lowest BCUT2D eigenvalue weighted by molar-refractivity contribution is 0.569. The fourth-order valence-electron chi connectivity index (χ4n) is 3.07. The van der Waals surface area contributed by atoms with Gasteiger partial charge in [-0.3, -0.25) is 4.31 Å². The van der Waals surface area contributed by atoms with Crippen LogP contribution in [-0.2, 0) is 10.0 Å².